The quantitative estimate of drug-likeness (QED) is 0.202. The molecule has 200 valence electrons. The molecule has 0 aliphatic heterocycles. The Labute approximate surface area is 245 Å². The van der Waals surface area contributed by atoms with Gasteiger partial charge in [-0.1, -0.05) is 66.7 Å². The fourth-order valence-electron chi connectivity index (χ4n) is 7.28. The molecule has 0 bridgehead atoms. The number of hydrogen-bond donors (Lipinski definition) is 0. The Bertz CT molecular complexity index is 2710. The van der Waals surface area contributed by atoms with E-state index in [9.17, 15) is 0 Å². The third kappa shape index (κ3) is 2.90. The topological polar surface area (TPSA) is 40.1 Å². The van der Waals surface area contributed by atoms with Crippen molar-refractivity contribution in [1.29, 1.82) is 0 Å². The summed E-state index contributed by atoms with van der Waals surface area (Å²) in [7, 11) is 0. The monoisotopic (exact) mass is 549 g/mol. The summed E-state index contributed by atoms with van der Waals surface area (Å²) in [6.07, 6.45) is 7.74. The molecule has 0 amide bonds. The minimum absolute atomic E-state index is 0.942. The van der Waals surface area contributed by atoms with Crippen molar-refractivity contribution in [3.8, 4) is 11.4 Å². The third-order valence-electron chi connectivity index (χ3n) is 8.97. The summed E-state index contributed by atoms with van der Waals surface area (Å²) in [5, 5.41) is 8.42. The summed E-state index contributed by atoms with van der Waals surface area (Å²) in [4.78, 5) is 9.30. The van der Waals surface area contributed by atoms with Gasteiger partial charge in [0.05, 0.1) is 33.8 Å². The summed E-state index contributed by atoms with van der Waals surface area (Å²) in [5.41, 5.74) is 9.02. The zero-order valence-electron chi connectivity index (χ0n) is 23.0. The molecule has 0 N–H and O–H groups in total. The van der Waals surface area contributed by atoms with E-state index in [-0.39, 0.29) is 0 Å². The largest absolute Gasteiger partial charge is 0.307 e. The second-order valence-electron chi connectivity index (χ2n) is 11.1. The molecule has 0 unspecified atom stereocenters. The number of benzene rings is 5. The number of aromatic nitrogens is 5. The number of rotatable bonds is 2. The van der Waals surface area contributed by atoms with Crippen LogP contribution in [0.15, 0.2) is 140 Å². The molecule has 0 radical (unpaired) electrons. The molecule has 0 saturated heterocycles. The summed E-state index contributed by atoms with van der Waals surface area (Å²) in [5.74, 6) is 0. The van der Waals surface area contributed by atoms with Gasteiger partial charge >= 0.3 is 0 Å². The average molecular weight is 550 g/mol. The lowest BCUT2D eigenvalue weighted by Gasteiger charge is -2.12. The molecule has 0 aliphatic rings. The van der Waals surface area contributed by atoms with E-state index < -0.39 is 0 Å². The molecular formula is C38H23N5. The van der Waals surface area contributed by atoms with Gasteiger partial charge in [-0.2, -0.15) is 0 Å². The fourth-order valence-corrected chi connectivity index (χ4v) is 7.28. The van der Waals surface area contributed by atoms with Gasteiger partial charge in [0.15, 0.2) is 0 Å². The SMILES string of the molecule is c1ccc(-n2c3ccccc3c3ccc4c5c6c7ccncc7n7ccnc7c6ccc5n(-c5ccccc5)c4c32)cc1. The molecule has 5 heterocycles. The molecule has 0 saturated carbocycles. The van der Waals surface area contributed by atoms with Crippen LogP contribution in [0.1, 0.15) is 0 Å². The van der Waals surface area contributed by atoms with Crippen LogP contribution >= 0.6 is 0 Å². The number of nitrogens with zero attached hydrogens (tertiary/aromatic N) is 5. The van der Waals surface area contributed by atoms with E-state index in [1.807, 2.05) is 24.8 Å². The first-order chi connectivity index (χ1) is 21.4. The Balaban J connectivity index is 1.54. The Morgan fingerprint density at radius 1 is 0.442 bits per heavy atom. The highest BCUT2D eigenvalue weighted by Gasteiger charge is 2.23. The molecule has 0 aliphatic carbocycles. The maximum atomic E-state index is 4.81. The van der Waals surface area contributed by atoms with Crippen molar-refractivity contribution in [2.24, 2.45) is 0 Å². The van der Waals surface area contributed by atoms with Gasteiger partial charge in [0.2, 0.25) is 0 Å². The first-order valence-electron chi connectivity index (χ1n) is 14.5. The van der Waals surface area contributed by atoms with E-state index >= 15 is 0 Å². The Hall–Kier alpha value is -5.94. The van der Waals surface area contributed by atoms with Crippen molar-refractivity contribution in [2.45, 2.75) is 0 Å². The van der Waals surface area contributed by atoms with Crippen molar-refractivity contribution in [2.75, 3.05) is 0 Å². The van der Waals surface area contributed by atoms with Gasteiger partial charge in [0.1, 0.15) is 5.65 Å². The number of hydrogen-bond acceptors (Lipinski definition) is 2. The predicted octanol–water partition coefficient (Wildman–Crippen LogP) is 9.23. The van der Waals surface area contributed by atoms with Crippen LogP contribution in [-0.4, -0.2) is 23.5 Å². The molecule has 5 aromatic heterocycles. The second-order valence-corrected chi connectivity index (χ2v) is 11.1. The van der Waals surface area contributed by atoms with Crippen molar-refractivity contribution in [3.63, 3.8) is 0 Å². The lowest BCUT2D eigenvalue weighted by molar-refractivity contribution is 1.15. The van der Waals surface area contributed by atoms with Gasteiger partial charge in [-0.3, -0.25) is 9.38 Å². The van der Waals surface area contributed by atoms with Gasteiger partial charge in [0, 0.05) is 67.7 Å². The fraction of sp³-hybridized carbons (Fsp3) is 0. The van der Waals surface area contributed by atoms with Crippen molar-refractivity contribution >= 4 is 70.9 Å². The van der Waals surface area contributed by atoms with E-state index in [0.29, 0.717) is 0 Å². The second kappa shape index (κ2) is 8.30. The molecule has 5 heteroatoms. The number of pyridine rings is 2. The minimum Gasteiger partial charge on any atom is -0.307 e. The maximum absolute atomic E-state index is 4.81. The highest BCUT2D eigenvalue weighted by molar-refractivity contribution is 6.33. The molecule has 0 fully saturated rings. The summed E-state index contributed by atoms with van der Waals surface area (Å²) in [6, 6.07) is 41.5. The summed E-state index contributed by atoms with van der Waals surface area (Å²) < 4.78 is 7.04. The van der Waals surface area contributed by atoms with E-state index in [4.69, 9.17) is 4.98 Å². The average Bonchev–Trinajstić information content (AvgIpc) is 3.78. The van der Waals surface area contributed by atoms with Crippen LogP contribution in [0.25, 0.3) is 82.3 Å². The number of imidazole rings is 1. The van der Waals surface area contributed by atoms with Crippen LogP contribution in [0.4, 0.5) is 0 Å². The Kier molecular flexibility index (Phi) is 4.39. The van der Waals surface area contributed by atoms with Crippen LogP contribution in [0, 0.1) is 0 Å². The van der Waals surface area contributed by atoms with E-state index in [1.54, 1.807) is 0 Å². The van der Waals surface area contributed by atoms with Gasteiger partial charge < -0.3 is 9.13 Å². The zero-order chi connectivity index (χ0) is 28.1. The summed E-state index contributed by atoms with van der Waals surface area (Å²) >= 11 is 0. The Morgan fingerprint density at radius 3 is 1.93 bits per heavy atom. The lowest BCUT2D eigenvalue weighted by atomic mass is 10.0. The van der Waals surface area contributed by atoms with E-state index in [0.717, 1.165) is 33.3 Å². The van der Waals surface area contributed by atoms with Crippen molar-refractivity contribution in [3.05, 3.63) is 140 Å². The molecule has 10 rings (SSSR count). The van der Waals surface area contributed by atoms with Crippen LogP contribution in [-0.2, 0) is 0 Å². The standard InChI is InChI=1S/C38H23N5/c1-3-9-24(10-4-1)42-31-14-8-7-13-26(31)27-15-16-29-35-32(43(37(29)36(27)42)25-11-5-2-6-12-25)18-17-30-34(35)28-19-20-39-23-33(28)41-22-21-40-38(30)41/h1-23H. The van der Waals surface area contributed by atoms with Gasteiger partial charge in [0.25, 0.3) is 0 Å². The van der Waals surface area contributed by atoms with Crippen molar-refractivity contribution < 1.29 is 0 Å². The van der Waals surface area contributed by atoms with Gasteiger partial charge in [-0.25, -0.2) is 4.98 Å². The van der Waals surface area contributed by atoms with Crippen LogP contribution in [0.5, 0.6) is 0 Å². The minimum atomic E-state index is 0.942. The molecule has 0 spiro atoms. The molecule has 5 aromatic carbocycles. The molecule has 5 nitrogen and oxygen atoms in total. The third-order valence-corrected chi connectivity index (χ3v) is 8.97. The van der Waals surface area contributed by atoms with Crippen LogP contribution < -0.4 is 0 Å². The smallest absolute Gasteiger partial charge is 0.145 e. The molecule has 10 aromatic rings. The predicted molar refractivity (Wildman–Crippen MR) is 177 cm³/mol. The summed E-state index contributed by atoms with van der Waals surface area (Å²) in [6.45, 7) is 0. The van der Waals surface area contributed by atoms with E-state index in [1.165, 1.54) is 49.0 Å². The first kappa shape index (κ1) is 22.7. The first-order valence-corrected chi connectivity index (χ1v) is 14.5. The van der Waals surface area contributed by atoms with E-state index in [2.05, 4.69) is 134 Å². The number of fused-ring (bicyclic) bond motifs is 14. The van der Waals surface area contributed by atoms with Crippen molar-refractivity contribution in [1.82, 2.24) is 23.5 Å². The Morgan fingerprint density at radius 2 is 1.12 bits per heavy atom. The van der Waals surface area contributed by atoms with Crippen LogP contribution in [0.3, 0.4) is 0 Å². The van der Waals surface area contributed by atoms with Crippen LogP contribution in [0.2, 0.25) is 0 Å². The zero-order valence-corrected chi connectivity index (χ0v) is 23.0. The lowest BCUT2D eigenvalue weighted by Crippen LogP contribution is -1.98. The normalized spacial score (nSPS) is 12.2. The highest BCUT2D eigenvalue weighted by Crippen LogP contribution is 2.45. The number of para-hydroxylation sites is 3. The van der Waals surface area contributed by atoms with Gasteiger partial charge in [-0.05, 0) is 48.5 Å². The van der Waals surface area contributed by atoms with Gasteiger partial charge in [-0.15, -0.1) is 0 Å². The molecule has 43 heavy (non-hydrogen) atoms. The maximum Gasteiger partial charge on any atom is 0.145 e. The highest BCUT2D eigenvalue weighted by atomic mass is 15.0. The molecule has 0 atom stereocenters. The molecular weight excluding hydrogens is 526 g/mol.